The SMILES string of the molecule is Clc1ccccc1-n1nc(-c2ccccc2I)c2c1NCC2. The van der Waals surface area contributed by atoms with Crippen molar-refractivity contribution in [2.75, 3.05) is 11.9 Å². The van der Waals surface area contributed by atoms with Crippen LogP contribution in [0.2, 0.25) is 5.02 Å². The molecule has 0 bridgehead atoms. The summed E-state index contributed by atoms with van der Waals surface area (Å²) in [5, 5.41) is 9.01. The highest BCUT2D eigenvalue weighted by Crippen LogP contribution is 2.37. The molecule has 0 amide bonds. The number of rotatable bonds is 2. The number of para-hydroxylation sites is 1. The Kier molecular flexibility index (Phi) is 3.58. The normalized spacial score (nSPS) is 13.0. The molecular weight excluding hydrogens is 409 g/mol. The largest absolute Gasteiger partial charge is 0.369 e. The van der Waals surface area contributed by atoms with Crippen molar-refractivity contribution >= 4 is 40.0 Å². The molecule has 1 aliphatic rings. The van der Waals surface area contributed by atoms with E-state index in [1.165, 1.54) is 14.7 Å². The van der Waals surface area contributed by atoms with Gasteiger partial charge in [-0.3, -0.25) is 0 Å². The number of nitrogens with zero attached hydrogens (tertiary/aromatic N) is 2. The maximum Gasteiger partial charge on any atom is 0.133 e. The summed E-state index contributed by atoms with van der Waals surface area (Å²) in [5.41, 5.74) is 4.40. The number of anilines is 1. The Labute approximate surface area is 147 Å². The van der Waals surface area contributed by atoms with Gasteiger partial charge in [-0.25, -0.2) is 4.68 Å². The third kappa shape index (κ3) is 2.21. The van der Waals surface area contributed by atoms with Crippen LogP contribution in [0.25, 0.3) is 16.9 Å². The predicted molar refractivity (Wildman–Crippen MR) is 98.9 cm³/mol. The molecule has 0 fully saturated rings. The van der Waals surface area contributed by atoms with Gasteiger partial charge in [0.25, 0.3) is 0 Å². The Hall–Kier alpha value is -1.53. The van der Waals surface area contributed by atoms with Crippen molar-refractivity contribution in [3.63, 3.8) is 0 Å². The highest BCUT2D eigenvalue weighted by Gasteiger charge is 2.25. The van der Waals surface area contributed by atoms with E-state index in [1.807, 2.05) is 28.9 Å². The fraction of sp³-hybridized carbons (Fsp3) is 0.118. The lowest BCUT2D eigenvalue weighted by Gasteiger charge is -2.08. The van der Waals surface area contributed by atoms with Crippen molar-refractivity contribution < 1.29 is 0 Å². The van der Waals surface area contributed by atoms with E-state index in [9.17, 15) is 0 Å². The topological polar surface area (TPSA) is 29.9 Å². The smallest absolute Gasteiger partial charge is 0.133 e. The monoisotopic (exact) mass is 421 g/mol. The summed E-state index contributed by atoms with van der Waals surface area (Å²) in [5.74, 6) is 1.06. The Bertz CT molecular complexity index is 789. The van der Waals surface area contributed by atoms with Crippen molar-refractivity contribution in [3.8, 4) is 16.9 Å². The van der Waals surface area contributed by atoms with E-state index in [0.29, 0.717) is 5.02 Å². The molecule has 2 heterocycles. The third-order valence-electron chi connectivity index (χ3n) is 3.86. The molecule has 0 radical (unpaired) electrons. The molecule has 1 aromatic heterocycles. The number of hydrogen-bond donors (Lipinski definition) is 1. The van der Waals surface area contributed by atoms with Crippen LogP contribution < -0.4 is 5.32 Å². The molecule has 1 aliphatic heterocycles. The summed E-state index contributed by atoms with van der Waals surface area (Å²) in [6.45, 7) is 0.939. The molecule has 5 heteroatoms. The Balaban J connectivity index is 1.95. The average Bonchev–Trinajstić information content (AvgIpc) is 3.11. The van der Waals surface area contributed by atoms with Crippen LogP contribution in [-0.4, -0.2) is 16.3 Å². The van der Waals surface area contributed by atoms with Gasteiger partial charge in [0.05, 0.1) is 16.4 Å². The Morgan fingerprint density at radius 1 is 1.09 bits per heavy atom. The van der Waals surface area contributed by atoms with E-state index in [-0.39, 0.29) is 0 Å². The molecular formula is C17H13ClIN3. The quantitative estimate of drug-likeness (QED) is 0.604. The van der Waals surface area contributed by atoms with E-state index in [1.54, 1.807) is 0 Å². The van der Waals surface area contributed by atoms with Crippen molar-refractivity contribution in [1.29, 1.82) is 0 Å². The first-order valence-corrected chi connectivity index (χ1v) is 8.57. The Morgan fingerprint density at radius 3 is 2.68 bits per heavy atom. The second-order valence-electron chi connectivity index (χ2n) is 5.20. The van der Waals surface area contributed by atoms with E-state index in [0.717, 1.165) is 30.2 Å². The summed E-state index contributed by atoms with van der Waals surface area (Å²) >= 11 is 8.72. The van der Waals surface area contributed by atoms with Crippen LogP contribution in [0, 0.1) is 3.57 Å². The molecule has 110 valence electrons. The van der Waals surface area contributed by atoms with Crippen LogP contribution in [0.1, 0.15) is 5.56 Å². The summed E-state index contributed by atoms with van der Waals surface area (Å²) < 4.78 is 3.14. The van der Waals surface area contributed by atoms with Gasteiger partial charge in [0.15, 0.2) is 0 Å². The number of aromatic nitrogens is 2. The van der Waals surface area contributed by atoms with Gasteiger partial charge in [0.1, 0.15) is 5.82 Å². The molecule has 2 aromatic carbocycles. The lowest BCUT2D eigenvalue weighted by Crippen LogP contribution is -2.04. The molecule has 0 unspecified atom stereocenters. The lowest BCUT2D eigenvalue weighted by molar-refractivity contribution is 0.882. The van der Waals surface area contributed by atoms with Crippen LogP contribution in [0.3, 0.4) is 0 Å². The number of halogens is 2. The number of fused-ring (bicyclic) bond motifs is 1. The first kappa shape index (κ1) is 14.1. The summed E-state index contributed by atoms with van der Waals surface area (Å²) in [4.78, 5) is 0. The van der Waals surface area contributed by atoms with Gasteiger partial charge in [-0.1, -0.05) is 41.9 Å². The highest BCUT2D eigenvalue weighted by molar-refractivity contribution is 14.1. The van der Waals surface area contributed by atoms with Crippen molar-refractivity contribution in [2.45, 2.75) is 6.42 Å². The zero-order valence-electron chi connectivity index (χ0n) is 11.7. The minimum atomic E-state index is 0.704. The van der Waals surface area contributed by atoms with Crippen molar-refractivity contribution in [3.05, 3.63) is 62.7 Å². The van der Waals surface area contributed by atoms with Crippen molar-refractivity contribution in [1.82, 2.24) is 9.78 Å². The zero-order valence-corrected chi connectivity index (χ0v) is 14.6. The minimum absolute atomic E-state index is 0.704. The fourth-order valence-electron chi connectivity index (χ4n) is 2.84. The molecule has 4 rings (SSSR count). The number of nitrogens with one attached hydrogen (secondary N) is 1. The summed E-state index contributed by atoms with van der Waals surface area (Å²) in [6, 6.07) is 16.1. The van der Waals surface area contributed by atoms with Gasteiger partial charge in [-0.2, -0.15) is 5.10 Å². The van der Waals surface area contributed by atoms with Gasteiger partial charge >= 0.3 is 0 Å². The molecule has 1 N–H and O–H groups in total. The van der Waals surface area contributed by atoms with E-state index >= 15 is 0 Å². The predicted octanol–water partition coefficient (Wildman–Crippen LogP) is 4.77. The molecule has 3 aromatic rings. The average molecular weight is 422 g/mol. The van der Waals surface area contributed by atoms with E-state index in [4.69, 9.17) is 16.7 Å². The minimum Gasteiger partial charge on any atom is -0.369 e. The van der Waals surface area contributed by atoms with Gasteiger partial charge in [0, 0.05) is 21.2 Å². The molecule has 0 spiro atoms. The zero-order chi connectivity index (χ0) is 15.1. The number of hydrogen-bond acceptors (Lipinski definition) is 2. The molecule has 22 heavy (non-hydrogen) atoms. The van der Waals surface area contributed by atoms with Crippen LogP contribution >= 0.6 is 34.2 Å². The van der Waals surface area contributed by atoms with Gasteiger partial charge in [-0.15, -0.1) is 0 Å². The maximum absolute atomic E-state index is 6.36. The second kappa shape index (κ2) is 5.59. The van der Waals surface area contributed by atoms with Crippen LogP contribution in [0.5, 0.6) is 0 Å². The van der Waals surface area contributed by atoms with Gasteiger partial charge in [0.2, 0.25) is 0 Å². The van der Waals surface area contributed by atoms with Crippen LogP contribution in [-0.2, 0) is 6.42 Å². The van der Waals surface area contributed by atoms with Gasteiger partial charge in [-0.05, 0) is 47.2 Å². The van der Waals surface area contributed by atoms with Crippen molar-refractivity contribution in [2.24, 2.45) is 0 Å². The first-order chi connectivity index (χ1) is 10.8. The second-order valence-corrected chi connectivity index (χ2v) is 6.76. The van der Waals surface area contributed by atoms with E-state index in [2.05, 4.69) is 52.2 Å². The summed E-state index contributed by atoms with van der Waals surface area (Å²) in [6.07, 6.45) is 0.986. The maximum atomic E-state index is 6.36. The lowest BCUT2D eigenvalue weighted by atomic mass is 10.1. The third-order valence-corrected chi connectivity index (χ3v) is 5.12. The highest BCUT2D eigenvalue weighted by atomic mass is 127. The fourth-order valence-corrected chi connectivity index (χ4v) is 3.70. The summed E-state index contributed by atoms with van der Waals surface area (Å²) in [7, 11) is 0. The van der Waals surface area contributed by atoms with Crippen LogP contribution in [0.15, 0.2) is 48.5 Å². The van der Waals surface area contributed by atoms with Crippen LogP contribution in [0.4, 0.5) is 5.82 Å². The number of benzene rings is 2. The molecule has 0 atom stereocenters. The molecule has 3 nitrogen and oxygen atoms in total. The first-order valence-electron chi connectivity index (χ1n) is 7.11. The standard InChI is InChI=1S/C17H13ClIN3/c18-13-6-2-4-8-15(13)22-17-12(9-10-20-17)16(21-22)11-5-1-3-7-14(11)19/h1-8,20H,9-10H2. The molecule has 0 saturated heterocycles. The molecule has 0 saturated carbocycles. The van der Waals surface area contributed by atoms with Gasteiger partial charge < -0.3 is 5.32 Å². The van der Waals surface area contributed by atoms with E-state index < -0.39 is 0 Å². The molecule has 0 aliphatic carbocycles. The Morgan fingerprint density at radius 2 is 1.86 bits per heavy atom.